The van der Waals surface area contributed by atoms with Crippen molar-refractivity contribution in [2.75, 3.05) is 5.32 Å². The van der Waals surface area contributed by atoms with Gasteiger partial charge in [0, 0.05) is 28.8 Å². The average molecular weight is 228 g/mol. The summed E-state index contributed by atoms with van der Waals surface area (Å²) < 4.78 is 0. The Morgan fingerprint density at radius 1 is 1.29 bits per heavy atom. The molecule has 1 aromatic carbocycles. The van der Waals surface area contributed by atoms with Gasteiger partial charge < -0.3 is 10.3 Å². The molecule has 17 heavy (non-hydrogen) atoms. The van der Waals surface area contributed by atoms with E-state index < -0.39 is 0 Å². The molecule has 2 N–H and O–H groups in total. The van der Waals surface area contributed by atoms with Crippen LogP contribution in [0.5, 0.6) is 0 Å². The number of fused-ring (bicyclic) bond motifs is 1. The molecule has 0 radical (unpaired) electrons. The first kappa shape index (κ1) is 10.7. The van der Waals surface area contributed by atoms with Crippen molar-refractivity contribution >= 4 is 16.6 Å². The van der Waals surface area contributed by atoms with Crippen molar-refractivity contribution in [2.45, 2.75) is 38.6 Å². The largest absolute Gasteiger partial charge is 0.382 e. The van der Waals surface area contributed by atoms with Crippen LogP contribution < -0.4 is 5.32 Å². The van der Waals surface area contributed by atoms with Crippen molar-refractivity contribution in [3.8, 4) is 0 Å². The minimum atomic E-state index is 0.677. The Labute approximate surface area is 102 Å². The van der Waals surface area contributed by atoms with Crippen molar-refractivity contribution in [3.63, 3.8) is 0 Å². The fourth-order valence-corrected chi connectivity index (χ4v) is 2.96. The number of aromatic amines is 1. The minimum absolute atomic E-state index is 0.677. The van der Waals surface area contributed by atoms with Crippen LogP contribution in [0, 0.1) is 5.92 Å². The van der Waals surface area contributed by atoms with E-state index in [-0.39, 0.29) is 0 Å². The quantitative estimate of drug-likeness (QED) is 0.811. The van der Waals surface area contributed by atoms with Gasteiger partial charge >= 0.3 is 0 Å². The monoisotopic (exact) mass is 228 g/mol. The van der Waals surface area contributed by atoms with Crippen molar-refractivity contribution in [2.24, 2.45) is 5.92 Å². The lowest BCUT2D eigenvalue weighted by Crippen LogP contribution is -2.15. The van der Waals surface area contributed by atoms with E-state index in [1.165, 1.54) is 42.3 Å². The fourth-order valence-electron chi connectivity index (χ4n) is 2.96. The Hall–Kier alpha value is -1.44. The first-order valence-electron chi connectivity index (χ1n) is 6.69. The zero-order valence-corrected chi connectivity index (χ0v) is 10.4. The smallest absolute Gasteiger partial charge is 0.0455 e. The molecule has 0 saturated heterocycles. The number of anilines is 1. The van der Waals surface area contributed by atoms with E-state index in [0.29, 0.717) is 6.04 Å². The maximum atomic E-state index is 3.67. The second-order valence-corrected chi connectivity index (χ2v) is 5.21. The molecule has 0 bridgehead atoms. The lowest BCUT2D eigenvalue weighted by atomic mass is 10.1. The van der Waals surface area contributed by atoms with E-state index in [9.17, 15) is 0 Å². The lowest BCUT2D eigenvalue weighted by Gasteiger charge is -2.14. The normalized spacial score (nSPS) is 24.3. The van der Waals surface area contributed by atoms with E-state index in [2.05, 4.69) is 41.5 Å². The summed E-state index contributed by atoms with van der Waals surface area (Å²) in [7, 11) is 0. The van der Waals surface area contributed by atoms with Crippen LogP contribution in [-0.2, 0) is 0 Å². The van der Waals surface area contributed by atoms with E-state index in [1.807, 2.05) is 6.20 Å². The summed E-state index contributed by atoms with van der Waals surface area (Å²) in [5.74, 6) is 0.934. The van der Waals surface area contributed by atoms with Gasteiger partial charge in [0.2, 0.25) is 0 Å². The van der Waals surface area contributed by atoms with Crippen LogP contribution in [-0.4, -0.2) is 11.0 Å². The molecule has 1 fully saturated rings. The summed E-state index contributed by atoms with van der Waals surface area (Å²) in [4.78, 5) is 3.23. The SMILES string of the molecule is CCC1CCC(Nc2ccc3[nH]ccc3c2)C1. The highest BCUT2D eigenvalue weighted by atomic mass is 14.9. The molecule has 0 aliphatic heterocycles. The van der Waals surface area contributed by atoms with Crippen molar-refractivity contribution in [1.29, 1.82) is 0 Å². The highest BCUT2D eigenvalue weighted by Crippen LogP contribution is 2.30. The molecule has 2 unspecified atom stereocenters. The molecular formula is C15H20N2. The van der Waals surface area contributed by atoms with Gasteiger partial charge in [-0.05, 0) is 49.4 Å². The molecule has 0 spiro atoms. The molecular weight excluding hydrogens is 208 g/mol. The van der Waals surface area contributed by atoms with E-state index in [1.54, 1.807) is 0 Å². The molecule has 90 valence electrons. The molecule has 2 atom stereocenters. The second kappa shape index (κ2) is 4.44. The first-order chi connectivity index (χ1) is 8.35. The summed E-state index contributed by atoms with van der Waals surface area (Å²) in [5, 5.41) is 4.96. The van der Waals surface area contributed by atoms with E-state index in [4.69, 9.17) is 0 Å². The van der Waals surface area contributed by atoms with Gasteiger partial charge in [-0.1, -0.05) is 13.3 Å². The maximum absolute atomic E-state index is 3.67. The van der Waals surface area contributed by atoms with Crippen LogP contribution in [0.3, 0.4) is 0 Å². The van der Waals surface area contributed by atoms with Gasteiger partial charge in [0.25, 0.3) is 0 Å². The number of aromatic nitrogens is 1. The van der Waals surface area contributed by atoms with Crippen LogP contribution in [0.4, 0.5) is 5.69 Å². The molecule has 2 nitrogen and oxygen atoms in total. The van der Waals surface area contributed by atoms with E-state index >= 15 is 0 Å². The van der Waals surface area contributed by atoms with E-state index in [0.717, 1.165) is 5.92 Å². The highest BCUT2D eigenvalue weighted by Gasteiger charge is 2.22. The lowest BCUT2D eigenvalue weighted by molar-refractivity contribution is 0.525. The summed E-state index contributed by atoms with van der Waals surface area (Å²) in [6.07, 6.45) is 7.37. The molecule has 1 aliphatic carbocycles. The van der Waals surface area contributed by atoms with Gasteiger partial charge in [-0.3, -0.25) is 0 Å². The Kier molecular flexibility index (Phi) is 2.79. The van der Waals surface area contributed by atoms with Crippen LogP contribution in [0.2, 0.25) is 0 Å². The number of hydrogen-bond donors (Lipinski definition) is 2. The standard InChI is InChI=1S/C15H20N2/c1-2-11-3-4-13(9-11)17-14-5-6-15-12(10-14)7-8-16-15/h5-8,10-11,13,16-17H,2-4,9H2,1H3. The Morgan fingerprint density at radius 3 is 3.06 bits per heavy atom. The summed E-state index contributed by atoms with van der Waals surface area (Å²) in [6, 6.07) is 9.38. The number of H-pyrrole nitrogens is 1. The second-order valence-electron chi connectivity index (χ2n) is 5.21. The van der Waals surface area contributed by atoms with Crippen LogP contribution in [0.1, 0.15) is 32.6 Å². The van der Waals surface area contributed by atoms with Crippen LogP contribution >= 0.6 is 0 Å². The third kappa shape index (κ3) is 2.17. The van der Waals surface area contributed by atoms with Crippen molar-refractivity contribution in [3.05, 3.63) is 30.5 Å². The Balaban J connectivity index is 1.72. The fraction of sp³-hybridized carbons (Fsp3) is 0.467. The molecule has 0 amide bonds. The summed E-state index contributed by atoms with van der Waals surface area (Å²) >= 11 is 0. The molecule has 2 aromatic rings. The third-order valence-electron chi connectivity index (χ3n) is 4.04. The number of hydrogen-bond acceptors (Lipinski definition) is 1. The summed E-state index contributed by atoms with van der Waals surface area (Å²) in [6.45, 7) is 2.30. The molecule has 3 rings (SSSR count). The zero-order valence-electron chi connectivity index (χ0n) is 10.4. The first-order valence-corrected chi connectivity index (χ1v) is 6.69. The zero-order chi connectivity index (χ0) is 11.7. The number of nitrogens with one attached hydrogen (secondary N) is 2. The Morgan fingerprint density at radius 2 is 2.24 bits per heavy atom. The van der Waals surface area contributed by atoms with Gasteiger partial charge in [-0.25, -0.2) is 0 Å². The highest BCUT2D eigenvalue weighted by molar-refractivity contribution is 5.83. The summed E-state index contributed by atoms with van der Waals surface area (Å²) in [5.41, 5.74) is 2.48. The Bertz CT molecular complexity index is 500. The van der Waals surface area contributed by atoms with Gasteiger partial charge in [0.1, 0.15) is 0 Å². The predicted octanol–water partition coefficient (Wildman–Crippen LogP) is 4.16. The molecule has 1 saturated carbocycles. The molecule has 1 heterocycles. The molecule has 2 heteroatoms. The minimum Gasteiger partial charge on any atom is -0.382 e. The molecule has 1 aliphatic rings. The molecule has 1 aromatic heterocycles. The van der Waals surface area contributed by atoms with Gasteiger partial charge in [0.15, 0.2) is 0 Å². The predicted molar refractivity (Wildman–Crippen MR) is 73.3 cm³/mol. The van der Waals surface area contributed by atoms with Crippen LogP contribution in [0.25, 0.3) is 10.9 Å². The van der Waals surface area contributed by atoms with Gasteiger partial charge in [-0.2, -0.15) is 0 Å². The average Bonchev–Trinajstić information content (AvgIpc) is 2.96. The number of rotatable bonds is 3. The number of benzene rings is 1. The van der Waals surface area contributed by atoms with Crippen LogP contribution in [0.15, 0.2) is 30.5 Å². The third-order valence-corrected chi connectivity index (χ3v) is 4.04. The van der Waals surface area contributed by atoms with Crippen molar-refractivity contribution < 1.29 is 0 Å². The topological polar surface area (TPSA) is 27.8 Å². The maximum Gasteiger partial charge on any atom is 0.0455 e. The van der Waals surface area contributed by atoms with Crippen molar-refractivity contribution in [1.82, 2.24) is 4.98 Å². The van der Waals surface area contributed by atoms with Gasteiger partial charge in [-0.15, -0.1) is 0 Å². The van der Waals surface area contributed by atoms with Gasteiger partial charge in [0.05, 0.1) is 0 Å².